The van der Waals surface area contributed by atoms with Crippen LogP contribution in [0.5, 0.6) is 0 Å². The molecule has 2 aliphatic carbocycles. The van der Waals surface area contributed by atoms with Gasteiger partial charge in [-0.1, -0.05) is 6.92 Å². The second-order valence-corrected chi connectivity index (χ2v) is 4.19. The lowest BCUT2D eigenvalue weighted by atomic mass is 9.84. The summed E-state index contributed by atoms with van der Waals surface area (Å²) >= 11 is 0. The van der Waals surface area contributed by atoms with Crippen molar-refractivity contribution < 1.29 is 19.8 Å². The molecule has 1 fully saturated rings. The smallest absolute Gasteiger partial charge is 0.332 e. The van der Waals surface area contributed by atoms with Crippen LogP contribution in [0.25, 0.3) is 0 Å². The molecule has 3 atom stereocenters. The first kappa shape index (κ1) is 9.24. The zero-order valence-corrected chi connectivity index (χ0v) is 7.86. The molecule has 0 aromatic heterocycles. The minimum absolute atomic E-state index is 0.0291. The highest BCUT2D eigenvalue weighted by molar-refractivity contribution is 6.01. The van der Waals surface area contributed by atoms with Gasteiger partial charge >= 0.3 is 11.9 Å². The first-order valence-electron chi connectivity index (χ1n) is 4.73. The normalized spacial score (nSPS) is 35.1. The van der Waals surface area contributed by atoms with Gasteiger partial charge in [0.2, 0.25) is 0 Å². The van der Waals surface area contributed by atoms with Crippen LogP contribution < -0.4 is 0 Å². The van der Waals surface area contributed by atoms with Gasteiger partial charge in [0.25, 0.3) is 0 Å². The van der Waals surface area contributed by atoms with E-state index in [1.165, 1.54) is 0 Å². The maximum absolute atomic E-state index is 10.9. The Balaban J connectivity index is 2.47. The van der Waals surface area contributed by atoms with E-state index in [-0.39, 0.29) is 23.0 Å². The maximum Gasteiger partial charge on any atom is 0.332 e. The fourth-order valence-electron chi connectivity index (χ4n) is 2.87. The highest BCUT2D eigenvalue weighted by atomic mass is 16.4. The molecule has 0 aromatic rings. The zero-order chi connectivity index (χ0) is 10.5. The summed E-state index contributed by atoms with van der Waals surface area (Å²) in [5.41, 5.74) is 0.307. The number of carbonyl (C=O) groups is 2. The van der Waals surface area contributed by atoms with Crippen LogP contribution in [0.3, 0.4) is 0 Å². The van der Waals surface area contributed by atoms with Gasteiger partial charge in [-0.3, -0.25) is 0 Å². The SMILES string of the molecule is CC1C[C@H]2C[C@@H]1C(C(=O)O)=C2C(=O)O. The summed E-state index contributed by atoms with van der Waals surface area (Å²) in [4.78, 5) is 21.8. The molecule has 2 aliphatic rings. The summed E-state index contributed by atoms with van der Waals surface area (Å²) in [5.74, 6) is -1.86. The number of aliphatic carboxylic acids is 2. The molecule has 1 unspecified atom stereocenters. The van der Waals surface area contributed by atoms with Gasteiger partial charge in [-0.15, -0.1) is 0 Å². The highest BCUT2D eigenvalue weighted by Gasteiger charge is 2.48. The van der Waals surface area contributed by atoms with Crippen molar-refractivity contribution in [3.63, 3.8) is 0 Å². The van der Waals surface area contributed by atoms with Crippen LogP contribution in [0.15, 0.2) is 11.1 Å². The molecule has 0 radical (unpaired) electrons. The Morgan fingerprint density at radius 1 is 1.14 bits per heavy atom. The average Bonchev–Trinajstić information content (AvgIpc) is 2.58. The number of hydrogen-bond donors (Lipinski definition) is 2. The third kappa shape index (κ3) is 1.06. The summed E-state index contributed by atoms with van der Waals surface area (Å²) in [5, 5.41) is 17.9. The predicted octanol–water partition coefficient (Wildman–Crippen LogP) is 1.13. The van der Waals surface area contributed by atoms with E-state index in [0.717, 1.165) is 6.42 Å². The third-order valence-corrected chi connectivity index (χ3v) is 3.41. The van der Waals surface area contributed by atoms with Crippen LogP contribution in [0.4, 0.5) is 0 Å². The molecule has 4 heteroatoms. The lowest BCUT2D eigenvalue weighted by molar-refractivity contribution is -0.136. The number of hydrogen-bond acceptors (Lipinski definition) is 2. The van der Waals surface area contributed by atoms with Gasteiger partial charge in [-0.2, -0.15) is 0 Å². The summed E-state index contributed by atoms with van der Waals surface area (Å²) in [6.45, 7) is 1.99. The van der Waals surface area contributed by atoms with Crippen molar-refractivity contribution in [3.8, 4) is 0 Å². The molecule has 0 amide bonds. The second kappa shape index (κ2) is 2.83. The number of carboxylic acid groups (broad SMARTS) is 2. The van der Waals surface area contributed by atoms with Crippen LogP contribution in [0, 0.1) is 17.8 Å². The third-order valence-electron chi connectivity index (χ3n) is 3.41. The summed E-state index contributed by atoms with van der Waals surface area (Å²) in [6, 6.07) is 0. The lowest BCUT2D eigenvalue weighted by Crippen LogP contribution is -2.21. The van der Waals surface area contributed by atoms with E-state index in [4.69, 9.17) is 10.2 Å². The van der Waals surface area contributed by atoms with Crippen molar-refractivity contribution in [2.75, 3.05) is 0 Å². The van der Waals surface area contributed by atoms with E-state index >= 15 is 0 Å². The first-order chi connectivity index (χ1) is 6.52. The van der Waals surface area contributed by atoms with E-state index in [2.05, 4.69) is 0 Å². The van der Waals surface area contributed by atoms with Gasteiger partial charge in [-0.25, -0.2) is 9.59 Å². The zero-order valence-electron chi connectivity index (χ0n) is 7.86. The van der Waals surface area contributed by atoms with Crippen LogP contribution in [0.1, 0.15) is 19.8 Å². The molecule has 2 bridgehead atoms. The Morgan fingerprint density at radius 2 is 1.71 bits per heavy atom. The Morgan fingerprint density at radius 3 is 2.21 bits per heavy atom. The van der Waals surface area contributed by atoms with Crippen molar-refractivity contribution in [1.29, 1.82) is 0 Å². The second-order valence-electron chi connectivity index (χ2n) is 4.19. The Hall–Kier alpha value is -1.32. The van der Waals surface area contributed by atoms with E-state index in [1.807, 2.05) is 6.92 Å². The molecular formula is C10H12O4. The number of rotatable bonds is 2. The van der Waals surface area contributed by atoms with E-state index in [1.54, 1.807) is 0 Å². The summed E-state index contributed by atoms with van der Waals surface area (Å²) in [7, 11) is 0. The minimum atomic E-state index is -1.05. The summed E-state index contributed by atoms with van der Waals surface area (Å²) < 4.78 is 0. The predicted molar refractivity (Wildman–Crippen MR) is 47.7 cm³/mol. The monoisotopic (exact) mass is 196 g/mol. The molecule has 14 heavy (non-hydrogen) atoms. The van der Waals surface area contributed by atoms with Crippen LogP contribution >= 0.6 is 0 Å². The Labute approximate surface area is 81.2 Å². The molecule has 4 nitrogen and oxygen atoms in total. The van der Waals surface area contributed by atoms with Crippen LogP contribution in [-0.2, 0) is 9.59 Å². The standard InChI is InChI=1S/C10H12O4/c1-4-2-5-3-6(4)8(10(13)14)7(5)9(11)12/h4-6H,2-3H2,1H3,(H,11,12)(H,13,14)/t4?,5-,6-/m0/s1. The fraction of sp³-hybridized carbons (Fsp3) is 0.600. The van der Waals surface area contributed by atoms with Crippen molar-refractivity contribution in [2.45, 2.75) is 19.8 Å². The molecule has 76 valence electrons. The van der Waals surface area contributed by atoms with Gasteiger partial charge in [0, 0.05) is 0 Å². The number of fused-ring (bicyclic) bond motifs is 2. The van der Waals surface area contributed by atoms with Gasteiger partial charge < -0.3 is 10.2 Å². The van der Waals surface area contributed by atoms with Crippen molar-refractivity contribution in [3.05, 3.63) is 11.1 Å². The molecule has 0 aliphatic heterocycles. The van der Waals surface area contributed by atoms with Gasteiger partial charge in [0.05, 0.1) is 11.1 Å². The van der Waals surface area contributed by atoms with Crippen LogP contribution in [0.2, 0.25) is 0 Å². The lowest BCUT2D eigenvalue weighted by Gasteiger charge is -2.19. The van der Waals surface area contributed by atoms with Gasteiger partial charge in [-0.05, 0) is 30.6 Å². The molecule has 0 saturated heterocycles. The fourth-order valence-corrected chi connectivity index (χ4v) is 2.87. The van der Waals surface area contributed by atoms with Crippen LogP contribution in [-0.4, -0.2) is 22.2 Å². The maximum atomic E-state index is 10.9. The van der Waals surface area contributed by atoms with Crippen molar-refractivity contribution in [1.82, 2.24) is 0 Å². The Kier molecular flexibility index (Phi) is 1.87. The first-order valence-corrected chi connectivity index (χ1v) is 4.73. The average molecular weight is 196 g/mol. The van der Waals surface area contributed by atoms with Crippen molar-refractivity contribution in [2.24, 2.45) is 17.8 Å². The molecule has 2 rings (SSSR count). The molecule has 0 aromatic carbocycles. The molecule has 2 N–H and O–H groups in total. The van der Waals surface area contributed by atoms with E-state index in [0.29, 0.717) is 12.3 Å². The van der Waals surface area contributed by atoms with Crippen molar-refractivity contribution >= 4 is 11.9 Å². The van der Waals surface area contributed by atoms with E-state index < -0.39 is 11.9 Å². The van der Waals surface area contributed by atoms with E-state index in [9.17, 15) is 9.59 Å². The minimum Gasteiger partial charge on any atom is -0.478 e. The Bertz CT molecular complexity index is 342. The molecule has 0 heterocycles. The largest absolute Gasteiger partial charge is 0.478 e. The molecule has 0 spiro atoms. The number of carboxylic acids is 2. The molecular weight excluding hydrogens is 184 g/mol. The summed E-state index contributed by atoms with van der Waals surface area (Å²) in [6.07, 6.45) is 1.54. The highest BCUT2D eigenvalue weighted by Crippen LogP contribution is 2.51. The van der Waals surface area contributed by atoms with Gasteiger partial charge in [0.15, 0.2) is 0 Å². The molecule has 1 saturated carbocycles. The van der Waals surface area contributed by atoms with Gasteiger partial charge in [0.1, 0.15) is 0 Å². The topological polar surface area (TPSA) is 74.6 Å². The quantitative estimate of drug-likeness (QED) is 0.694.